The summed E-state index contributed by atoms with van der Waals surface area (Å²) in [6.07, 6.45) is 2.55. The van der Waals surface area contributed by atoms with Gasteiger partial charge in [-0.15, -0.1) is 0 Å². The van der Waals surface area contributed by atoms with Crippen LogP contribution in [0.1, 0.15) is 27.2 Å². The molecule has 1 atom stereocenters. The fraction of sp³-hybridized carbons (Fsp3) is 0.375. The van der Waals surface area contributed by atoms with Crippen molar-refractivity contribution in [2.75, 3.05) is 44.2 Å². The van der Waals surface area contributed by atoms with E-state index < -0.39 is 17.6 Å². The van der Waals surface area contributed by atoms with Gasteiger partial charge < -0.3 is 14.5 Å². The Hall–Kier alpha value is -3.89. The van der Waals surface area contributed by atoms with Crippen molar-refractivity contribution in [1.82, 2.24) is 24.8 Å². The number of benzene rings is 2. The quantitative estimate of drug-likeness (QED) is 0.249. The Morgan fingerprint density at radius 2 is 1.81 bits per heavy atom. The van der Waals surface area contributed by atoms with Gasteiger partial charge in [-0.3, -0.25) is 14.7 Å². The van der Waals surface area contributed by atoms with E-state index >= 15 is 4.39 Å². The summed E-state index contributed by atoms with van der Waals surface area (Å²) < 4.78 is 36.1. The Balaban J connectivity index is 1.41. The molecule has 0 radical (unpaired) electrons. The normalized spacial score (nSPS) is 17.8. The number of hydrogen-bond acceptors (Lipinski definition) is 7. The molecule has 2 aromatic carbocycles. The van der Waals surface area contributed by atoms with E-state index in [1.807, 2.05) is 29.2 Å². The number of anilines is 1. The highest BCUT2D eigenvalue weighted by molar-refractivity contribution is 6.36. The SMILES string of the molecule is C=C(F)C(=O)N1CCN(c2nc(OCC3CCN3C(C)(C)C)nc3c(F)c(-c4cccc5cccc(Cl)c45)ncc23)CC1. The first-order valence-corrected chi connectivity index (χ1v) is 14.7. The summed E-state index contributed by atoms with van der Waals surface area (Å²) in [5.41, 5.74) is 0.748. The summed E-state index contributed by atoms with van der Waals surface area (Å²) in [5, 5.41) is 2.47. The Morgan fingerprint density at radius 3 is 2.47 bits per heavy atom. The second-order valence-corrected chi connectivity index (χ2v) is 12.4. The highest BCUT2D eigenvalue weighted by Crippen LogP contribution is 2.37. The van der Waals surface area contributed by atoms with Gasteiger partial charge >= 0.3 is 6.01 Å². The summed E-state index contributed by atoms with van der Waals surface area (Å²) >= 11 is 6.56. The molecule has 2 aliphatic rings. The lowest BCUT2D eigenvalue weighted by Crippen LogP contribution is -2.59. The van der Waals surface area contributed by atoms with Gasteiger partial charge in [0.2, 0.25) is 0 Å². The number of aromatic nitrogens is 3. The fourth-order valence-electron chi connectivity index (χ4n) is 5.97. The smallest absolute Gasteiger partial charge is 0.319 e. The maximum Gasteiger partial charge on any atom is 0.319 e. The van der Waals surface area contributed by atoms with Crippen molar-refractivity contribution in [3.8, 4) is 17.3 Å². The second-order valence-electron chi connectivity index (χ2n) is 12.0. The number of carbonyl (C=O) groups is 1. The van der Waals surface area contributed by atoms with Crippen molar-refractivity contribution in [3.05, 3.63) is 65.8 Å². The molecule has 11 heteroatoms. The van der Waals surface area contributed by atoms with Crippen LogP contribution in [-0.4, -0.2) is 81.6 Å². The first kappa shape index (κ1) is 29.2. The number of likely N-dealkylation sites (tertiary alicyclic amines) is 1. The van der Waals surface area contributed by atoms with E-state index in [4.69, 9.17) is 21.3 Å². The van der Waals surface area contributed by atoms with E-state index in [-0.39, 0.29) is 41.9 Å². The largest absolute Gasteiger partial charge is 0.462 e. The molecular formula is C32H33ClF2N6O2. The Labute approximate surface area is 253 Å². The average molecular weight is 607 g/mol. The van der Waals surface area contributed by atoms with E-state index in [2.05, 4.69) is 42.2 Å². The minimum absolute atomic E-state index is 0.00386. The lowest BCUT2D eigenvalue weighted by Gasteiger charge is -2.49. The maximum atomic E-state index is 16.5. The van der Waals surface area contributed by atoms with Gasteiger partial charge in [0.05, 0.1) is 5.39 Å². The molecule has 0 spiro atoms. The van der Waals surface area contributed by atoms with E-state index in [0.29, 0.717) is 46.9 Å². The number of rotatable bonds is 6. The molecule has 6 rings (SSSR count). The van der Waals surface area contributed by atoms with E-state index in [1.165, 1.54) is 4.90 Å². The number of pyridine rings is 1. The van der Waals surface area contributed by atoms with Gasteiger partial charge in [0, 0.05) is 66.5 Å². The number of fused-ring (bicyclic) bond motifs is 2. The van der Waals surface area contributed by atoms with Gasteiger partial charge in [-0.1, -0.05) is 48.5 Å². The molecular weight excluding hydrogens is 574 g/mol. The van der Waals surface area contributed by atoms with Crippen molar-refractivity contribution in [1.29, 1.82) is 0 Å². The zero-order chi connectivity index (χ0) is 30.5. The predicted octanol–water partition coefficient (Wildman–Crippen LogP) is 6.02. The van der Waals surface area contributed by atoms with E-state index in [1.54, 1.807) is 18.3 Å². The van der Waals surface area contributed by atoms with E-state index in [0.717, 1.165) is 18.4 Å². The van der Waals surface area contributed by atoms with Gasteiger partial charge in [0.1, 0.15) is 23.6 Å². The second kappa shape index (κ2) is 11.3. The monoisotopic (exact) mass is 606 g/mol. The molecule has 43 heavy (non-hydrogen) atoms. The topological polar surface area (TPSA) is 74.7 Å². The first-order valence-electron chi connectivity index (χ1n) is 14.3. The molecule has 8 nitrogen and oxygen atoms in total. The average Bonchev–Trinajstić information content (AvgIpc) is 2.95. The van der Waals surface area contributed by atoms with E-state index in [9.17, 15) is 9.18 Å². The van der Waals surface area contributed by atoms with Gasteiger partial charge in [0.25, 0.3) is 5.91 Å². The zero-order valence-electron chi connectivity index (χ0n) is 24.4. The summed E-state index contributed by atoms with van der Waals surface area (Å²) in [5.74, 6) is -1.89. The molecule has 0 saturated carbocycles. The zero-order valence-corrected chi connectivity index (χ0v) is 25.2. The first-order chi connectivity index (χ1) is 20.5. The van der Waals surface area contributed by atoms with Crippen LogP contribution in [0.15, 0.2) is 55.0 Å². The Bertz CT molecular complexity index is 1730. The predicted molar refractivity (Wildman–Crippen MR) is 165 cm³/mol. The van der Waals surface area contributed by atoms with Crippen molar-refractivity contribution < 1.29 is 18.3 Å². The van der Waals surface area contributed by atoms with Crippen molar-refractivity contribution in [2.24, 2.45) is 0 Å². The number of piperazine rings is 1. The summed E-state index contributed by atoms with van der Waals surface area (Å²) in [6, 6.07) is 11.3. The van der Waals surface area contributed by atoms with Crippen LogP contribution in [0.4, 0.5) is 14.6 Å². The molecule has 1 unspecified atom stereocenters. The third-order valence-electron chi connectivity index (χ3n) is 8.26. The number of halogens is 3. The third kappa shape index (κ3) is 5.49. The van der Waals surface area contributed by atoms with Crippen molar-refractivity contribution in [2.45, 2.75) is 38.8 Å². The minimum Gasteiger partial charge on any atom is -0.462 e. The number of carbonyl (C=O) groups excluding carboxylic acids is 1. The van der Waals surface area contributed by atoms with Crippen LogP contribution in [0.25, 0.3) is 32.9 Å². The lowest BCUT2D eigenvalue weighted by molar-refractivity contribution is -0.128. The highest BCUT2D eigenvalue weighted by Gasteiger charge is 2.36. The molecule has 2 fully saturated rings. The van der Waals surface area contributed by atoms with Crippen LogP contribution >= 0.6 is 11.6 Å². The number of ether oxygens (including phenoxy) is 1. The van der Waals surface area contributed by atoms with Crippen LogP contribution in [-0.2, 0) is 4.79 Å². The Morgan fingerprint density at radius 1 is 1.09 bits per heavy atom. The third-order valence-corrected chi connectivity index (χ3v) is 8.58. The van der Waals surface area contributed by atoms with Crippen LogP contribution in [0, 0.1) is 5.82 Å². The van der Waals surface area contributed by atoms with Gasteiger partial charge in [0.15, 0.2) is 11.6 Å². The summed E-state index contributed by atoms with van der Waals surface area (Å²) in [6.45, 7) is 12.2. The van der Waals surface area contributed by atoms with Crippen molar-refractivity contribution >= 4 is 45.0 Å². The molecule has 224 valence electrons. The Kier molecular flexibility index (Phi) is 7.68. The maximum absolute atomic E-state index is 16.5. The minimum atomic E-state index is -0.996. The molecule has 0 bridgehead atoms. The fourth-order valence-corrected chi connectivity index (χ4v) is 6.25. The van der Waals surface area contributed by atoms with Gasteiger partial charge in [-0.25, -0.2) is 8.78 Å². The molecule has 2 aromatic heterocycles. The lowest BCUT2D eigenvalue weighted by atomic mass is 9.94. The molecule has 2 aliphatic heterocycles. The van der Waals surface area contributed by atoms with Gasteiger partial charge in [-0.05, 0) is 38.6 Å². The summed E-state index contributed by atoms with van der Waals surface area (Å²) in [7, 11) is 0. The van der Waals surface area contributed by atoms with Crippen LogP contribution in [0.3, 0.4) is 0 Å². The molecule has 4 heterocycles. The van der Waals surface area contributed by atoms with Crippen molar-refractivity contribution in [3.63, 3.8) is 0 Å². The standard InChI is InChI=1S/C32H33ClF2N6O2/c1-19(34)30(42)40-15-13-39(14-16-40)29-23-17-36-27(22-9-5-7-20-8-6-10-24(33)25(20)22)26(35)28(23)37-31(38-29)43-18-21-11-12-41(21)32(2,3)4/h5-10,17,21H,1,11-16,18H2,2-4H3. The highest BCUT2D eigenvalue weighted by atomic mass is 35.5. The summed E-state index contributed by atoms with van der Waals surface area (Å²) in [4.78, 5) is 31.6. The van der Waals surface area contributed by atoms with Crippen LogP contribution in [0.5, 0.6) is 6.01 Å². The van der Waals surface area contributed by atoms with Crippen LogP contribution < -0.4 is 9.64 Å². The number of nitrogens with zero attached hydrogens (tertiary/aromatic N) is 6. The van der Waals surface area contributed by atoms with Gasteiger partial charge in [-0.2, -0.15) is 9.97 Å². The van der Waals surface area contributed by atoms with Crippen LogP contribution in [0.2, 0.25) is 5.02 Å². The molecule has 0 aliphatic carbocycles. The molecule has 0 N–H and O–H groups in total. The molecule has 2 saturated heterocycles. The molecule has 4 aromatic rings. The number of amides is 1. The number of hydrogen-bond donors (Lipinski definition) is 0. The molecule has 1 amide bonds.